The molecular weight excluding hydrogens is 408 g/mol. The molecule has 0 saturated carbocycles. The summed E-state index contributed by atoms with van der Waals surface area (Å²) in [5, 5.41) is 21.6. The maximum atomic E-state index is 12.3. The number of carbonyl (C=O) groups excluding carboxylic acids is 1. The van der Waals surface area contributed by atoms with Crippen LogP contribution in [0, 0.1) is 11.8 Å². The van der Waals surface area contributed by atoms with Gasteiger partial charge in [-0.15, -0.1) is 0 Å². The monoisotopic (exact) mass is 452 g/mol. The van der Waals surface area contributed by atoms with Gasteiger partial charge < -0.3 is 24.4 Å². The lowest BCUT2D eigenvalue weighted by molar-refractivity contribution is -0.327. The van der Waals surface area contributed by atoms with Crippen molar-refractivity contribution in [2.75, 3.05) is 0 Å². The second kappa shape index (κ2) is 11.8. The van der Waals surface area contributed by atoms with Crippen LogP contribution in [0.25, 0.3) is 0 Å². The van der Waals surface area contributed by atoms with Crippen LogP contribution in [0.3, 0.4) is 0 Å². The van der Waals surface area contributed by atoms with Crippen LogP contribution in [0.1, 0.15) is 87.0 Å². The summed E-state index contributed by atoms with van der Waals surface area (Å²) >= 11 is 0. The van der Waals surface area contributed by atoms with Crippen LogP contribution < -0.4 is 0 Å². The van der Waals surface area contributed by atoms with Gasteiger partial charge in [-0.3, -0.25) is 4.79 Å². The second-order valence-corrected chi connectivity index (χ2v) is 10.5. The van der Waals surface area contributed by atoms with Gasteiger partial charge in [0.05, 0.1) is 11.7 Å². The normalized spacial score (nSPS) is 32.8. The van der Waals surface area contributed by atoms with Gasteiger partial charge in [-0.05, 0) is 78.6 Å². The topological polar surface area (TPSA) is 85.2 Å². The standard InChI is InChI=1S/C26H44O6/c1-16(2)9-8-14-26(7,20-12-10-18(5)11-13-20)32-25-23(29)24(22(28)19(6)30-25)31-21(27)15-17(3)4/h9-10,17,19-20,22-25,28-29H,8,11-15H2,1-7H3/t19-,20-,22+,23-,24+,25+,26+/m1/s1. The molecule has 1 aliphatic carbocycles. The molecule has 6 nitrogen and oxygen atoms in total. The molecule has 2 N–H and O–H groups in total. The van der Waals surface area contributed by atoms with Crippen molar-refractivity contribution in [3.8, 4) is 0 Å². The molecule has 1 fully saturated rings. The van der Waals surface area contributed by atoms with Crippen molar-refractivity contribution in [3.05, 3.63) is 23.3 Å². The average molecular weight is 453 g/mol. The first-order valence-corrected chi connectivity index (χ1v) is 12.1. The first-order chi connectivity index (χ1) is 14.9. The molecule has 2 aliphatic rings. The van der Waals surface area contributed by atoms with Gasteiger partial charge in [0.15, 0.2) is 12.4 Å². The average Bonchev–Trinajstić information content (AvgIpc) is 2.69. The molecule has 2 rings (SSSR count). The van der Waals surface area contributed by atoms with Gasteiger partial charge in [-0.25, -0.2) is 0 Å². The molecule has 0 aromatic heterocycles. The smallest absolute Gasteiger partial charge is 0.306 e. The van der Waals surface area contributed by atoms with Gasteiger partial charge in [0, 0.05) is 6.42 Å². The molecule has 7 atom stereocenters. The quantitative estimate of drug-likeness (QED) is 0.390. The van der Waals surface area contributed by atoms with Crippen LogP contribution >= 0.6 is 0 Å². The Labute approximate surface area is 194 Å². The number of aliphatic hydroxyl groups is 2. The third-order valence-corrected chi connectivity index (χ3v) is 6.70. The minimum absolute atomic E-state index is 0.127. The molecule has 0 amide bonds. The zero-order chi connectivity index (χ0) is 24.1. The predicted molar refractivity (Wildman–Crippen MR) is 125 cm³/mol. The number of hydrogen-bond acceptors (Lipinski definition) is 6. The van der Waals surface area contributed by atoms with E-state index >= 15 is 0 Å². The van der Waals surface area contributed by atoms with Gasteiger partial charge in [0.1, 0.15) is 12.2 Å². The van der Waals surface area contributed by atoms with Crippen LogP contribution in [-0.2, 0) is 19.0 Å². The molecule has 0 aromatic rings. The minimum Gasteiger partial charge on any atom is -0.456 e. The number of ether oxygens (including phenoxy) is 3. The third kappa shape index (κ3) is 7.41. The largest absolute Gasteiger partial charge is 0.456 e. The van der Waals surface area contributed by atoms with E-state index < -0.39 is 42.3 Å². The molecule has 0 bridgehead atoms. The fourth-order valence-electron chi connectivity index (χ4n) is 4.56. The lowest BCUT2D eigenvalue weighted by Crippen LogP contribution is -2.61. The molecule has 1 saturated heterocycles. The van der Waals surface area contributed by atoms with E-state index in [1.54, 1.807) is 6.92 Å². The first-order valence-electron chi connectivity index (χ1n) is 12.1. The number of esters is 1. The molecular formula is C26H44O6. The molecule has 1 aliphatic heterocycles. The summed E-state index contributed by atoms with van der Waals surface area (Å²) in [4.78, 5) is 12.3. The summed E-state index contributed by atoms with van der Waals surface area (Å²) in [5.74, 6) is -0.0194. The highest BCUT2D eigenvalue weighted by molar-refractivity contribution is 5.69. The van der Waals surface area contributed by atoms with E-state index in [1.165, 1.54) is 11.1 Å². The highest BCUT2D eigenvalue weighted by atomic mass is 16.7. The Hall–Kier alpha value is -1.21. The lowest BCUT2D eigenvalue weighted by atomic mass is 9.76. The summed E-state index contributed by atoms with van der Waals surface area (Å²) < 4.78 is 17.9. The van der Waals surface area contributed by atoms with Crippen LogP contribution in [0.15, 0.2) is 23.3 Å². The molecule has 184 valence electrons. The van der Waals surface area contributed by atoms with Crippen LogP contribution in [0.2, 0.25) is 0 Å². The zero-order valence-electron chi connectivity index (χ0n) is 21.0. The van der Waals surface area contributed by atoms with E-state index in [0.717, 1.165) is 32.1 Å². The highest BCUT2D eigenvalue weighted by Gasteiger charge is 2.49. The van der Waals surface area contributed by atoms with Crippen molar-refractivity contribution in [1.29, 1.82) is 0 Å². The van der Waals surface area contributed by atoms with Crippen molar-refractivity contribution < 1.29 is 29.2 Å². The first kappa shape index (κ1) is 27.0. The van der Waals surface area contributed by atoms with Gasteiger partial charge in [-0.1, -0.05) is 37.1 Å². The van der Waals surface area contributed by atoms with Crippen LogP contribution in [0.5, 0.6) is 0 Å². The number of aliphatic hydroxyl groups excluding tert-OH is 2. The molecule has 32 heavy (non-hydrogen) atoms. The Morgan fingerprint density at radius 3 is 2.56 bits per heavy atom. The summed E-state index contributed by atoms with van der Waals surface area (Å²) in [6.07, 6.45) is 4.27. The van der Waals surface area contributed by atoms with Gasteiger partial charge in [0.25, 0.3) is 0 Å². The van der Waals surface area contributed by atoms with Crippen molar-refractivity contribution >= 4 is 5.97 Å². The van der Waals surface area contributed by atoms with E-state index in [0.29, 0.717) is 0 Å². The maximum absolute atomic E-state index is 12.3. The number of hydrogen-bond donors (Lipinski definition) is 2. The van der Waals surface area contributed by atoms with Crippen molar-refractivity contribution in [2.45, 2.75) is 123 Å². The fraction of sp³-hybridized carbons (Fsp3) is 0.808. The number of rotatable bonds is 9. The van der Waals surface area contributed by atoms with Gasteiger partial charge in [0.2, 0.25) is 0 Å². The van der Waals surface area contributed by atoms with E-state index in [1.807, 2.05) is 13.8 Å². The Morgan fingerprint density at radius 1 is 1.31 bits per heavy atom. The maximum Gasteiger partial charge on any atom is 0.306 e. The van der Waals surface area contributed by atoms with E-state index in [-0.39, 0.29) is 18.3 Å². The summed E-state index contributed by atoms with van der Waals surface area (Å²) in [5.41, 5.74) is 2.13. The number of allylic oxidation sites excluding steroid dienone is 4. The number of carbonyl (C=O) groups is 1. The van der Waals surface area contributed by atoms with E-state index in [4.69, 9.17) is 14.2 Å². The van der Waals surface area contributed by atoms with Crippen LogP contribution in [0.4, 0.5) is 0 Å². The Kier molecular flexibility index (Phi) is 9.95. The Morgan fingerprint density at radius 2 is 2.00 bits per heavy atom. The summed E-state index contributed by atoms with van der Waals surface area (Å²) in [6, 6.07) is 0. The zero-order valence-corrected chi connectivity index (χ0v) is 21.0. The molecule has 0 aromatic carbocycles. The SMILES string of the molecule is CC(C)=CCC[C@](C)(O[C@@H]1O[C@H](C)[C@H](O)[C@H](OC(=O)CC(C)C)[C@H]1O)[C@@H]1CC=C(C)CC1. The Bertz CT molecular complexity index is 680. The fourth-order valence-corrected chi connectivity index (χ4v) is 4.56. The summed E-state index contributed by atoms with van der Waals surface area (Å²) in [6.45, 7) is 14.0. The van der Waals surface area contributed by atoms with Gasteiger partial charge in [-0.2, -0.15) is 0 Å². The van der Waals surface area contributed by atoms with Gasteiger partial charge >= 0.3 is 5.97 Å². The van der Waals surface area contributed by atoms with Crippen molar-refractivity contribution in [1.82, 2.24) is 0 Å². The minimum atomic E-state index is -1.26. The molecule has 1 heterocycles. The molecule has 0 unspecified atom stereocenters. The predicted octanol–water partition coefficient (Wildman–Crippen LogP) is 4.68. The molecule has 0 radical (unpaired) electrons. The molecule has 0 spiro atoms. The van der Waals surface area contributed by atoms with Crippen molar-refractivity contribution in [2.24, 2.45) is 11.8 Å². The second-order valence-electron chi connectivity index (χ2n) is 10.5. The Balaban J connectivity index is 2.20. The molecule has 6 heteroatoms. The van der Waals surface area contributed by atoms with E-state index in [9.17, 15) is 15.0 Å². The van der Waals surface area contributed by atoms with Crippen molar-refractivity contribution in [3.63, 3.8) is 0 Å². The lowest BCUT2D eigenvalue weighted by Gasteiger charge is -2.47. The summed E-state index contributed by atoms with van der Waals surface area (Å²) in [7, 11) is 0. The van der Waals surface area contributed by atoms with E-state index in [2.05, 4.69) is 39.8 Å². The highest BCUT2D eigenvalue weighted by Crippen LogP contribution is 2.40. The third-order valence-electron chi connectivity index (χ3n) is 6.70. The van der Waals surface area contributed by atoms with Crippen LogP contribution in [-0.4, -0.2) is 52.5 Å².